The summed E-state index contributed by atoms with van der Waals surface area (Å²) in [4.78, 5) is 9.01. The number of hydrogen-bond donors (Lipinski definition) is 0. The van der Waals surface area contributed by atoms with Gasteiger partial charge in [0.25, 0.3) is 0 Å². The quantitative estimate of drug-likeness (QED) is 0.292. The molecule has 0 saturated heterocycles. The third kappa shape index (κ3) is 4.62. The molecule has 0 N–H and O–H groups in total. The van der Waals surface area contributed by atoms with Gasteiger partial charge in [-0.05, 0) is 43.2 Å². The Labute approximate surface area is 179 Å². The second-order valence-electron chi connectivity index (χ2n) is 6.79. The fourth-order valence-electron chi connectivity index (χ4n) is 3.30. The topological polar surface area (TPSA) is 56.5 Å². The van der Waals surface area contributed by atoms with Crippen molar-refractivity contribution in [3.05, 3.63) is 71.3 Å². The summed E-state index contributed by atoms with van der Waals surface area (Å²) in [6.07, 6.45) is 0. The molecule has 0 unspecified atom stereocenters. The van der Waals surface area contributed by atoms with Gasteiger partial charge in [0, 0.05) is 23.7 Å². The van der Waals surface area contributed by atoms with Gasteiger partial charge >= 0.3 is 0 Å². The van der Waals surface area contributed by atoms with Crippen LogP contribution in [0.15, 0.2) is 58.8 Å². The first-order valence-corrected chi connectivity index (χ1v) is 11.6. The predicted octanol–water partition coefficient (Wildman–Crippen LogP) is 5.44. The number of nitrogens with zero attached hydrogens (tertiary/aromatic N) is 5. The zero-order chi connectivity index (χ0) is 20.2. The van der Waals surface area contributed by atoms with Crippen molar-refractivity contribution in [2.75, 3.05) is 0 Å². The molecule has 0 spiro atoms. The Morgan fingerprint density at radius 3 is 2.41 bits per heavy atom. The first-order chi connectivity index (χ1) is 14.1. The molecule has 29 heavy (non-hydrogen) atoms. The Hall–Kier alpha value is -2.38. The summed E-state index contributed by atoms with van der Waals surface area (Å²) in [5, 5.41) is 13.2. The van der Waals surface area contributed by atoms with Gasteiger partial charge in [0.15, 0.2) is 10.3 Å². The van der Waals surface area contributed by atoms with E-state index in [-0.39, 0.29) is 0 Å². The van der Waals surface area contributed by atoms with Gasteiger partial charge in [-0.2, -0.15) is 0 Å². The van der Waals surface area contributed by atoms with Crippen LogP contribution in [0.2, 0.25) is 0 Å². The molecule has 0 atom stereocenters. The molecule has 0 aliphatic rings. The molecule has 0 saturated carbocycles. The largest absolute Gasteiger partial charge is 0.306 e. The highest BCUT2D eigenvalue weighted by Crippen LogP contribution is 2.28. The predicted molar refractivity (Wildman–Crippen MR) is 120 cm³/mol. The molecule has 0 aliphatic heterocycles. The lowest BCUT2D eigenvalue weighted by Crippen LogP contribution is -2.03. The van der Waals surface area contributed by atoms with Crippen molar-refractivity contribution in [3.63, 3.8) is 0 Å². The van der Waals surface area contributed by atoms with Crippen molar-refractivity contribution in [2.45, 2.75) is 49.1 Å². The van der Waals surface area contributed by atoms with Crippen LogP contribution < -0.4 is 0 Å². The van der Waals surface area contributed by atoms with Gasteiger partial charge in [0.05, 0.1) is 5.75 Å². The first-order valence-electron chi connectivity index (χ1n) is 9.60. The molecule has 2 heterocycles. The van der Waals surface area contributed by atoms with Crippen molar-refractivity contribution < 1.29 is 0 Å². The minimum absolute atomic E-state index is 0.707. The zero-order valence-corrected chi connectivity index (χ0v) is 18.4. The van der Waals surface area contributed by atoms with E-state index in [9.17, 15) is 0 Å². The molecular formula is C22H23N5S2. The van der Waals surface area contributed by atoms with E-state index in [1.807, 2.05) is 19.9 Å². The highest BCUT2D eigenvalue weighted by Gasteiger charge is 2.13. The number of aryl methyl sites for hydroxylation is 2. The smallest absolute Gasteiger partial charge is 0.191 e. The van der Waals surface area contributed by atoms with Gasteiger partial charge in [-0.3, -0.25) is 0 Å². The maximum atomic E-state index is 4.51. The summed E-state index contributed by atoms with van der Waals surface area (Å²) in [6.45, 7) is 6.96. The third-order valence-corrected chi connectivity index (χ3v) is 6.50. The van der Waals surface area contributed by atoms with E-state index in [1.165, 1.54) is 16.3 Å². The first kappa shape index (κ1) is 19.9. The minimum atomic E-state index is 0.707. The molecule has 2 aromatic carbocycles. The molecule has 148 valence electrons. The van der Waals surface area contributed by atoms with E-state index in [0.29, 0.717) is 5.75 Å². The summed E-state index contributed by atoms with van der Waals surface area (Å²) >= 11 is 3.34. The van der Waals surface area contributed by atoms with Crippen LogP contribution in [0.3, 0.4) is 0 Å². The summed E-state index contributed by atoms with van der Waals surface area (Å²) in [7, 11) is 0. The van der Waals surface area contributed by atoms with E-state index < -0.39 is 0 Å². The van der Waals surface area contributed by atoms with E-state index in [2.05, 4.69) is 74.1 Å². The standard InChI is InChI=1S/C22H23N5S2/c1-4-27-20(14-28-21-23-15(2)12-16(3)24-21)25-26-22(27)29-13-18-10-7-9-17-8-5-6-11-19(17)18/h5-12H,4,13-14H2,1-3H3. The van der Waals surface area contributed by atoms with E-state index >= 15 is 0 Å². The Balaban J connectivity index is 1.48. The fraction of sp³-hybridized carbons (Fsp3) is 0.273. The van der Waals surface area contributed by atoms with Crippen molar-refractivity contribution >= 4 is 34.3 Å². The van der Waals surface area contributed by atoms with E-state index in [4.69, 9.17) is 0 Å². The van der Waals surface area contributed by atoms with Gasteiger partial charge in [0.2, 0.25) is 0 Å². The van der Waals surface area contributed by atoms with Crippen LogP contribution >= 0.6 is 23.5 Å². The molecule has 5 nitrogen and oxygen atoms in total. The number of aromatic nitrogens is 5. The number of thioether (sulfide) groups is 2. The Bertz CT molecular complexity index is 1110. The van der Waals surface area contributed by atoms with Gasteiger partial charge in [-0.1, -0.05) is 66.0 Å². The number of rotatable bonds is 7. The average Bonchev–Trinajstić information content (AvgIpc) is 3.11. The average molecular weight is 422 g/mol. The number of benzene rings is 2. The molecule has 2 aromatic heterocycles. The van der Waals surface area contributed by atoms with E-state index in [0.717, 1.165) is 39.8 Å². The summed E-state index contributed by atoms with van der Waals surface area (Å²) in [6, 6.07) is 17.0. The second kappa shape index (κ2) is 8.97. The molecule has 0 radical (unpaired) electrons. The van der Waals surface area contributed by atoms with Gasteiger partial charge < -0.3 is 4.57 Å². The fourth-order valence-corrected chi connectivity index (χ4v) is 5.21. The van der Waals surface area contributed by atoms with Gasteiger partial charge in [0.1, 0.15) is 5.82 Å². The maximum absolute atomic E-state index is 4.51. The Morgan fingerprint density at radius 2 is 1.62 bits per heavy atom. The molecule has 0 fully saturated rings. The van der Waals surface area contributed by atoms with Crippen molar-refractivity contribution in [1.82, 2.24) is 24.7 Å². The normalized spacial score (nSPS) is 11.3. The molecule has 0 amide bonds. The SMILES string of the molecule is CCn1c(CSc2nc(C)cc(C)n2)nnc1SCc1cccc2ccccc12. The van der Waals surface area contributed by atoms with Crippen molar-refractivity contribution in [3.8, 4) is 0 Å². The van der Waals surface area contributed by atoms with Crippen molar-refractivity contribution in [2.24, 2.45) is 0 Å². The Morgan fingerprint density at radius 1 is 0.862 bits per heavy atom. The third-order valence-electron chi connectivity index (χ3n) is 4.64. The van der Waals surface area contributed by atoms with Gasteiger partial charge in [-0.25, -0.2) is 9.97 Å². The zero-order valence-electron chi connectivity index (χ0n) is 16.8. The second-order valence-corrected chi connectivity index (χ2v) is 8.68. The molecule has 0 aliphatic carbocycles. The lowest BCUT2D eigenvalue weighted by Gasteiger charge is -2.09. The summed E-state index contributed by atoms with van der Waals surface area (Å²) in [5.74, 6) is 2.53. The van der Waals surface area contributed by atoms with Gasteiger partial charge in [-0.15, -0.1) is 10.2 Å². The highest BCUT2D eigenvalue weighted by molar-refractivity contribution is 7.98. The lowest BCUT2D eigenvalue weighted by atomic mass is 10.1. The molecule has 0 bridgehead atoms. The van der Waals surface area contributed by atoms with Crippen LogP contribution in [0.5, 0.6) is 0 Å². The number of hydrogen-bond acceptors (Lipinski definition) is 6. The van der Waals surface area contributed by atoms with Crippen LogP contribution in [-0.2, 0) is 18.1 Å². The van der Waals surface area contributed by atoms with Crippen LogP contribution in [-0.4, -0.2) is 24.7 Å². The number of fused-ring (bicyclic) bond motifs is 1. The monoisotopic (exact) mass is 421 g/mol. The summed E-state index contributed by atoms with van der Waals surface area (Å²) in [5.41, 5.74) is 3.30. The molecular weight excluding hydrogens is 398 g/mol. The van der Waals surface area contributed by atoms with E-state index in [1.54, 1.807) is 23.5 Å². The minimum Gasteiger partial charge on any atom is -0.306 e. The van der Waals surface area contributed by atoms with Crippen LogP contribution in [0.1, 0.15) is 29.7 Å². The Kier molecular flexibility index (Phi) is 6.16. The summed E-state index contributed by atoms with van der Waals surface area (Å²) < 4.78 is 2.19. The van der Waals surface area contributed by atoms with Crippen LogP contribution in [0, 0.1) is 13.8 Å². The molecule has 4 rings (SSSR count). The highest BCUT2D eigenvalue weighted by atomic mass is 32.2. The van der Waals surface area contributed by atoms with Crippen molar-refractivity contribution in [1.29, 1.82) is 0 Å². The molecule has 4 aromatic rings. The maximum Gasteiger partial charge on any atom is 0.191 e. The molecule has 7 heteroatoms. The lowest BCUT2D eigenvalue weighted by molar-refractivity contribution is 0.659. The van der Waals surface area contributed by atoms with Crippen LogP contribution in [0.25, 0.3) is 10.8 Å². The van der Waals surface area contributed by atoms with Crippen LogP contribution in [0.4, 0.5) is 0 Å².